The zero-order valence-corrected chi connectivity index (χ0v) is 18.2. The molecular weight excluding hydrogens is 328 g/mol. The molecule has 25 heavy (non-hydrogen) atoms. The van der Waals surface area contributed by atoms with E-state index in [0.717, 1.165) is 25.7 Å². The summed E-state index contributed by atoms with van der Waals surface area (Å²) in [5.41, 5.74) is 0. The number of hydrogen-bond donors (Lipinski definition) is 1. The summed E-state index contributed by atoms with van der Waals surface area (Å²) in [6.07, 6.45) is 19.5. The molecule has 0 aliphatic heterocycles. The molecule has 3 nitrogen and oxygen atoms in total. The molecule has 148 valence electrons. The lowest BCUT2D eigenvalue weighted by Gasteiger charge is -2.24. The second kappa shape index (κ2) is 15.6. The molecule has 1 N–H and O–H groups in total. The Labute approximate surface area is 157 Å². The van der Waals surface area contributed by atoms with E-state index in [9.17, 15) is 4.79 Å². The average molecular weight is 371 g/mol. The molecule has 0 heterocycles. The zero-order chi connectivity index (χ0) is 19.0. The van der Waals surface area contributed by atoms with Gasteiger partial charge in [0.05, 0.1) is 6.10 Å². The van der Waals surface area contributed by atoms with Crippen molar-refractivity contribution in [1.82, 2.24) is 0 Å². The number of hydrogen-bond acceptors (Lipinski definition) is 2. The van der Waals surface area contributed by atoms with E-state index in [1.54, 1.807) is 0 Å². The molecule has 0 aliphatic rings. The van der Waals surface area contributed by atoms with Gasteiger partial charge in [-0.05, 0) is 45.3 Å². The Bertz CT molecular complexity index is 348. The van der Waals surface area contributed by atoms with E-state index in [0.29, 0.717) is 0 Å². The van der Waals surface area contributed by atoms with Gasteiger partial charge in [-0.1, -0.05) is 70.4 Å². The smallest absolute Gasteiger partial charge is 0.303 e. The lowest BCUT2D eigenvalue weighted by molar-refractivity contribution is -0.137. The van der Waals surface area contributed by atoms with E-state index >= 15 is 0 Å². The first-order valence-electron chi connectivity index (χ1n) is 10.4. The van der Waals surface area contributed by atoms with Crippen LogP contribution >= 0.6 is 0 Å². The molecule has 1 unspecified atom stereocenters. The van der Waals surface area contributed by atoms with Crippen LogP contribution in [0.25, 0.3) is 0 Å². The van der Waals surface area contributed by atoms with Crippen LogP contribution in [-0.2, 0) is 9.22 Å². The van der Waals surface area contributed by atoms with Crippen LogP contribution in [0.4, 0.5) is 0 Å². The van der Waals surface area contributed by atoms with Gasteiger partial charge in [0.25, 0.3) is 0 Å². The molecule has 0 spiro atoms. The predicted molar refractivity (Wildman–Crippen MR) is 111 cm³/mol. The van der Waals surface area contributed by atoms with E-state index in [1.807, 2.05) is 0 Å². The number of aliphatic carboxylic acids is 1. The van der Waals surface area contributed by atoms with Crippen LogP contribution in [0.3, 0.4) is 0 Å². The van der Waals surface area contributed by atoms with Gasteiger partial charge in [-0.2, -0.15) is 0 Å². The van der Waals surface area contributed by atoms with Gasteiger partial charge in [-0.15, -0.1) is 0 Å². The van der Waals surface area contributed by atoms with Crippen molar-refractivity contribution >= 4 is 14.3 Å². The summed E-state index contributed by atoms with van der Waals surface area (Å²) in [4.78, 5) is 10.5. The van der Waals surface area contributed by atoms with Gasteiger partial charge in [-0.3, -0.25) is 4.79 Å². The number of unbranched alkanes of at least 4 members (excludes halogenated alkanes) is 9. The highest BCUT2D eigenvalue weighted by Gasteiger charge is 2.19. The topological polar surface area (TPSA) is 46.5 Å². The minimum absolute atomic E-state index is 0.242. The van der Waals surface area contributed by atoms with Gasteiger partial charge >= 0.3 is 5.97 Å². The maximum atomic E-state index is 10.5. The Morgan fingerprint density at radius 1 is 0.960 bits per heavy atom. The normalized spacial score (nSPS) is 13.4. The van der Waals surface area contributed by atoms with Crippen LogP contribution in [0, 0.1) is 0 Å². The van der Waals surface area contributed by atoms with Crippen molar-refractivity contribution in [3.63, 3.8) is 0 Å². The molecule has 0 fully saturated rings. The molecule has 1 atom stereocenters. The van der Waals surface area contributed by atoms with Crippen molar-refractivity contribution in [2.45, 2.75) is 116 Å². The van der Waals surface area contributed by atoms with Crippen molar-refractivity contribution in [3.8, 4) is 0 Å². The maximum absolute atomic E-state index is 10.5. The molecule has 0 saturated heterocycles. The summed E-state index contributed by atoms with van der Waals surface area (Å²) in [6, 6.07) is 0. The van der Waals surface area contributed by atoms with E-state index < -0.39 is 14.3 Å². The number of carboxylic acid groups (broad SMARTS) is 1. The largest absolute Gasteiger partial charge is 0.481 e. The molecule has 0 amide bonds. The molecule has 0 rings (SSSR count). The summed E-state index contributed by atoms with van der Waals surface area (Å²) in [5, 5.41) is 8.65. The molecule has 0 aliphatic carbocycles. The minimum Gasteiger partial charge on any atom is -0.481 e. The number of carboxylic acids is 1. The standard InChI is InChI=1S/C21H42O3Si/c1-5-6-7-8-9-10-11-14-17-20(24-25(2,3)4)18-15-12-13-16-19-21(22)23/h15,18,20H,5-14,16-17,19H2,1-4H3,(H,22,23)/b18-15+. The second-order valence-corrected chi connectivity index (χ2v) is 12.6. The second-order valence-electron chi connectivity index (χ2n) is 8.10. The molecular formula is C21H42O3Si. The molecule has 0 saturated carbocycles. The van der Waals surface area contributed by atoms with Gasteiger partial charge in [0.15, 0.2) is 8.32 Å². The van der Waals surface area contributed by atoms with Gasteiger partial charge < -0.3 is 9.53 Å². The molecule has 0 aromatic carbocycles. The first-order valence-corrected chi connectivity index (χ1v) is 13.8. The number of carbonyl (C=O) groups is 1. The summed E-state index contributed by atoms with van der Waals surface area (Å²) >= 11 is 0. The summed E-state index contributed by atoms with van der Waals surface area (Å²) in [5.74, 6) is -0.696. The lowest BCUT2D eigenvalue weighted by Crippen LogP contribution is -2.31. The van der Waals surface area contributed by atoms with Crippen LogP contribution < -0.4 is 0 Å². The fourth-order valence-corrected chi connectivity index (χ4v) is 4.02. The van der Waals surface area contributed by atoms with Gasteiger partial charge in [0, 0.05) is 6.42 Å². The summed E-state index contributed by atoms with van der Waals surface area (Å²) < 4.78 is 6.30. The Kier molecular flexibility index (Phi) is 15.2. The third-order valence-corrected chi connectivity index (χ3v) is 5.22. The quantitative estimate of drug-likeness (QED) is 0.171. The van der Waals surface area contributed by atoms with Gasteiger partial charge in [0.1, 0.15) is 0 Å². The fraction of sp³-hybridized carbons (Fsp3) is 0.857. The van der Waals surface area contributed by atoms with E-state index in [4.69, 9.17) is 9.53 Å². The molecule has 4 heteroatoms. The Hall–Kier alpha value is -0.613. The van der Waals surface area contributed by atoms with Crippen molar-refractivity contribution < 1.29 is 14.3 Å². The maximum Gasteiger partial charge on any atom is 0.303 e. The van der Waals surface area contributed by atoms with Crippen LogP contribution in [0.5, 0.6) is 0 Å². The average Bonchev–Trinajstić information content (AvgIpc) is 2.51. The fourth-order valence-electron chi connectivity index (χ4n) is 2.91. The van der Waals surface area contributed by atoms with Crippen molar-refractivity contribution in [1.29, 1.82) is 0 Å². The third kappa shape index (κ3) is 19.6. The zero-order valence-electron chi connectivity index (χ0n) is 17.2. The van der Waals surface area contributed by atoms with E-state index in [1.165, 1.54) is 51.4 Å². The lowest BCUT2D eigenvalue weighted by atomic mass is 10.1. The van der Waals surface area contributed by atoms with Crippen molar-refractivity contribution in [2.24, 2.45) is 0 Å². The Balaban J connectivity index is 3.95. The highest BCUT2D eigenvalue weighted by atomic mass is 28.4. The van der Waals surface area contributed by atoms with Crippen LogP contribution in [0.15, 0.2) is 12.2 Å². The van der Waals surface area contributed by atoms with E-state index in [2.05, 4.69) is 38.7 Å². The Morgan fingerprint density at radius 3 is 2.12 bits per heavy atom. The van der Waals surface area contributed by atoms with Crippen LogP contribution in [-0.4, -0.2) is 25.5 Å². The number of allylic oxidation sites excluding steroid dienone is 1. The SMILES string of the molecule is CCCCCCCCCCC(/C=C/CCCCC(=O)O)O[Si](C)(C)C. The monoisotopic (exact) mass is 370 g/mol. The molecule has 0 aromatic heterocycles. The summed E-state index contributed by atoms with van der Waals surface area (Å²) in [6.45, 7) is 9.00. The van der Waals surface area contributed by atoms with Crippen LogP contribution in [0.1, 0.15) is 90.4 Å². The van der Waals surface area contributed by atoms with Crippen molar-refractivity contribution in [2.75, 3.05) is 0 Å². The minimum atomic E-state index is -1.53. The molecule has 0 radical (unpaired) electrons. The first-order chi connectivity index (χ1) is 11.8. The molecule has 0 aromatic rings. The first kappa shape index (κ1) is 24.4. The Morgan fingerprint density at radius 2 is 1.56 bits per heavy atom. The van der Waals surface area contributed by atoms with E-state index in [-0.39, 0.29) is 12.5 Å². The summed E-state index contributed by atoms with van der Waals surface area (Å²) in [7, 11) is -1.53. The predicted octanol–water partition coefficient (Wildman–Crippen LogP) is 6.94. The van der Waals surface area contributed by atoms with Gasteiger partial charge in [0.2, 0.25) is 0 Å². The number of rotatable bonds is 17. The highest BCUT2D eigenvalue weighted by Crippen LogP contribution is 2.17. The molecule has 0 bridgehead atoms. The van der Waals surface area contributed by atoms with Crippen molar-refractivity contribution in [3.05, 3.63) is 12.2 Å². The third-order valence-electron chi connectivity index (χ3n) is 4.21. The highest BCUT2D eigenvalue weighted by molar-refractivity contribution is 6.69. The van der Waals surface area contributed by atoms with Gasteiger partial charge in [-0.25, -0.2) is 0 Å². The van der Waals surface area contributed by atoms with Crippen LogP contribution in [0.2, 0.25) is 19.6 Å².